The van der Waals surface area contributed by atoms with Crippen LogP contribution in [0.3, 0.4) is 0 Å². The van der Waals surface area contributed by atoms with Crippen molar-refractivity contribution in [3.63, 3.8) is 0 Å². The van der Waals surface area contributed by atoms with Gasteiger partial charge in [0.1, 0.15) is 23.1 Å². The van der Waals surface area contributed by atoms with Crippen LogP contribution >= 0.6 is 0 Å². The fourth-order valence-electron chi connectivity index (χ4n) is 5.72. The van der Waals surface area contributed by atoms with Crippen molar-refractivity contribution < 1.29 is 23.1 Å². The highest BCUT2D eigenvalue weighted by Crippen LogP contribution is 2.46. The van der Waals surface area contributed by atoms with Crippen LogP contribution in [0.2, 0.25) is 0 Å². The Morgan fingerprint density at radius 3 is 2.65 bits per heavy atom. The molecule has 34 heavy (non-hydrogen) atoms. The number of rotatable bonds is 5. The number of halogens is 2. The first-order valence-electron chi connectivity index (χ1n) is 11.4. The van der Waals surface area contributed by atoms with Gasteiger partial charge in [-0.3, -0.25) is 4.79 Å². The zero-order valence-corrected chi connectivity index (χ0v) is 18.1. The van der Waals surface area contributed by atoms with E-state index in [1.165, 1.54) is 12.3 Å². The number of aliphatic carboxylic acids is 1. The molecular weight excluding hydrogens is 442 g/mol. The number of hydrogen-bond donors (Lipinski definition) is 3. The molecule has 7 nitrogen and oxygen atoms in total. The molecule has 0 radical (unpaired) electrons. The quantitative estimate of drug-likeness (QED) is 0.362. The predicted molar refractivity (Wildman–Crippen MR) is 121 cm³/mol. The first-order chi connectivity index (χ1) is 16.5. The first kappa shape index (κ1) is 20.8. The molecule has 3 N–H and O–H groups in total. The second-order valence-electron chi connectivity index (χ2n) is 9.16. The Balaban J connectivity index is 1.46. The molecule has 174 valence electrons. The highest BCUT2D eigenvalue weighted by atomic mass is 19.1. The van der Waals surface area contributed by atoms with Gasteiger partial charge in [0.15, 0.2) is 11.6 Å². The van der Waals surface area contributed by atoms with Gasteiger partial charge >= 0.3 is 5.97 Å². The number of fused-ring (bicyclic) bond motifs is 4. The Kier molecular flexibility index (Phi) is 4.86. The third-order valence-electron chi connectivity index (χ3n) is 7.27. The number of H-pyrrole nitrogens is 1. The molecule has 3 aliphatic carbocycles. The first-order valence-corrected chi connectivity index (χ1v) is 11.4. The summed E-state index contributed by atoms with van der Waals surface area (Å²) in [6.45, 7) is 0. The average molecular weight is 464 g/mol. The fourth-order valence-corrected chi connectivity index (χ4v) is 5.72. The molecule has 2 atom stereocenters. The van der Waals surface area contributed by atoms with Crippen LogP contribution < -0.4 is 5.32 Å². The number of hydrogen-bond acceptors (Lipinski definition) is 5. The number of carboxylic acid groups (broad SMARTS) is 1. The van der Waals surface area contributed by atoms with Crippen molar-refractivity contribution in [3.05, 3.63) is 54.4 Å². The minimum atomic E-state index is -0.796. The highest BCUT2D eigenvalue weighted by molar-refractivity contribution is 5.94. The molecule has 7 rings (SSSR count). The summed E-state index contributed by atoms with van der Waals surface area (Å²) >= 11 is 0. The summed E-state index contributed by atoms with van der Waals surface area (Å²) in [7, 11) is 0. The van der Waals surface area contributed by atoms with E-state index >= 15 is 0 Å². The van der Waals surface area contributed by atoms with E-state index < -0.39 is 23.5 Å². The number of carboxylic acids is 1. The van der Waals surface area contributed by atoms with Crippen LogP contribution in [0.4, 0.5) is 14.6 Å². The van der Waals surface area contributed by atoms with Gasteiger partial charge in [-0.15, -0.1) is 0 Å². The molecule has 3 aliphatic rings. The fraction of sp³-hybridized carbons (Fsp3) is 0.320. The van der Waals surface area contributed by atoms with Gasteiger partial charge in [-0.2, -0.15) is 0 Å². The third kappa shape index (κ3) is 3.43. The van der Waals surface area contributed by atoms with E-state index in [2.05, 4.69) is 20.3 Å². The van der Waals surface area contributed by atoms with E-state index in [0.29, 0.717) is 28.2 Å². The van der Waals surface area contributed by atoms with E-state index in [-0.39, 0.29) is 29.2 Å². The van der Waals surface area contributed by atoms with Crippen LogP contribution in [0.5, 0.6) is 0 Å². The minimum Gasteiger partial charge on any atom is -0.481 e. The van der Waals surface area contributed by atoms with Crippen LogP contribution in [0.25, 0.3) is 33.7 Å². The Labute approximate surface area is 193 Å². The molecule has 0 unspecified atom stereocenters. The molecule has 4 aromatic rings. The largest absolute Gasteiger partial charge is 0.481 e. The lowest BCUT2D eigenvalue weighted by Crippen LogP contribution is -2.51. The molecule has 2 bridgehead atoms. The lowest BCUT2D eigenvalue weighted by atomic mass is 9.61. The summed E-state index contributed by atoms with van der Waals surface area (Å²) in [4.78, 5) is 24.2. The normalized spacial score (nSPS) is 23.9. The van der Waals surface area contributed by atoms with Gasteiger partial charge in [-0.1, -0.05) is 0 Å². The SMILES string of the molecule is O=C(O)[C@H]1C2CCC(CC2)[C@@H]1Nc1cc(-c2ccco2)nc(-c2c[nH]c3c(F)cc(F)cc23)n1. The van der Waals surface area contributed by atoms with Crippen molar-refractivity contribution in [1.29, 1.82) is 0 Å². The molecular formula is C25H22F2N4O3. The van der Waals surface area contributed by atoms with Crippen molar-refractivity contribution in [2.24, 2.45) is 17.8 Å². The second kappa shape index (κ2) is 7.93. The van der Waals surface area contributed by atoms with Gasteiger partial charge in [-0.05, 0) is 55.7 Å². The summed E-state index contributed by atoms with van der Waals surface area (Å²) in [5.74, 6) is -1.10. The van der Waals surface area contributed by atoms with Gasteiger partial charge in [0.2, 0.25) is 0 Å². The Morgan fingerprint density at radius 2 is 1.91 bits per heavy atom. The number of nitrogens with one attached hydrogen (secondary N) is 2. The summed E-state index contributed by atoms with van der Waals surface area (Å²) in [5.41, 5.74) is 1.08. The highest BCUT2D eigenvalue weighted by Gasteiger charge is 2.47. The van der Waals surface area contributed by atoms with Crippen molar-refractivity contribution in [2.75, 3.05) is 5.32 Å². The lowest BCUT2D eigenvalue weighted by Gasteiger charge is -2.47. The second-order valence-corrected chi connectivity index (χ2v) is 9.16. The topological polar surface area (TPSA) is 104 Å². The predicted octanol–water partition coefficient (Wildman–Crippen LogP) is 5.46. The van der Waals surface area contributed by atoms with E-state index in [4.69, 9.17) is 4.42 Å². The number of aromatic nitrogens is 3. The third-order valence-corrected chi connectivity index (χ3v) is 7.27. The van der Waals surface area contributed by atoms with E-state index in [1.54, 1.807) is 24.4 Å². The van der Waals surface area contributed by atoms with Crippen LogP contribution in [0, 0.1) is 29.4 Å². The number of benzene rings is 1. The molecule has 0 saturated heterocycles. The number of anilines is 1. The van der Waals surface area contributed by atoms with E-state index in [0.717, 1.165) is 31.7 Å². The Morgan fingerprint density at radius 1 is 1.12 bits per heavy atom. The average Bonchev–Trinajstić information content (AvgIpc) is 3.50. The summed E-state index contributed by atoms with van der Waals surface area (Å²) in [6.07, 6.45) is 6.89. The van der Waals surface area contributed by atoms with Crippen LogP contribution in [0.1, 0.15) is 25.7 Å². The smallest absolute Gasteiger partial charge is 0.308 e. The summed E-state index contributed by atoms with van der Waals surface area (Å²) in [5, 5.41) is 13.6. The van der Waals surface area contributed by atoms with Crippen LogP contribution in [-0.2, 0) is 4.79 Å². The minimum absolute atomic E-state index is 0.144. The van der Waals surface area contributed by atoms with Gasteiger partial charge in [0, 0.05) is 35.3 Å². The van der Waals surface area contributed by atoms with Crippen LogP contribution in [0.15, 0.2) is 47.2 Å². The summed E-state index contributed by atoms with van der Waals surface area (Å²) in [6, 6.07) is 7.02. The maximum absolute atomic E-state index is 14.3. The molecule has 3 saturated carbocycles. The number of aromatic amines is 1. The van der Waals surface area contributed by atoms with Crippen molar-refractivity contribution in [3.8, 4) is 22.8 Å². The lowest BCUT2D eigenvalue weighted by molar-refractivity contribution is -0.148. The Bertz CT molecular complexity index is 1380. The molecule has 3 aromatic heterocycles. The molecule has 0 aliphatic heterocycles. The molecule has 3 heterocycles. The van der Waals surface area contributed by atoms with Gasteiger partial charge in [0.25, 0.3) is 0 Å². The zero-order valence-electron chi connectivity index (χ0n) is 18.1. The monoisotopic (exact) mass is 464 g/mol. The Hall–Kier alpha value is -3.75. The van der Waals surface area contributed by atoms with E-state index in [9.17, 15) is 18.7 Å². The molecule has 0 amide bonds. The summed E-state index contributed by atoms with van der Waals surface area (Å²) < 4.78 is 33.8. The van der Waals surface area contributed by atoms with Crippen molar-refractivity contribution in [1.82, 2.24) is 15.0 Å². The van der Waals surface area contributed by atoms with Gasteiger partial charge in [0.05, 0.1) is 17.7 Å². The van der Waals surface area contributed by atoms with Gasteiger partial charge in [-0.25, -0.2) is 18.7 Å². The van der Waals surface area contributed by atoms with Crippen molar-refractivity contribution in [2.45, 2.75) is 31.7 Å². The molecule has 3 fully saturated rings. The molecule has 0 spiro atoms. The maximum Gasteiger partial charge on any atom is 0.308 e. The number of carbonyl (C=O) groups is 1. The molecule has 9 heteroatoms. The van der Waals surface area contributed by atoms with Crippen molar-refractivity contribution >= 4 is 22.7 Å². The van der Waals surface area contributed by atoms with Crippen LogP contribution in [-0.4, -0.2) is 32.1 Å². The molecule has 1 aromatic carbocycles. The van der Waals surface area contributed by atoms with E-state index in [1.807, 2.05) is 0 Å². The number of nitrogens with zero attached hydrogens (tertiary/aromatic N) is 2. The zero-order chi connectivity index (χ0) is 23.4. The van der Waals surface area contributed by atoms with Gasteiger partial charge < -0.3 is 19.8 Å². The number of furan rings is 1. The maximum atomic E-state index is 14.3. The standard InChI is InChI=1S/C25H22F2N4O3/c26-14-8-15-16(11-28-23(15)17(27)9-14)24-29-18(19-2-1-7-34-19)10-20(31-24)30-22-13-5-3-12(4-6-13)21(22)25(32)33/h1-2,7-13,21-22,28H,3-6H2,(H,32,33)(H,29,30,31)/t12?,13?,21-,22-/m0/s1.